The van der Waals surface area contributed by atoms with Crippen LogP contribution < -0.4 is 0 Å². The van der Waals surface area contributed by atoms with E-state index in [9.17, 15) is 4.79 Å². The van der Waals surface area contributed by atoms with Crippen LogP contribution in [0.3, 0.4) is 0 Å². The second-order valence-electron chi connectivity index (χ2n) is 3.54. The van der Waals surface area contributed by atoms with Gasteiger partial charge < -0.3 is 5.11 Å². The number of aryl methyl sites for hydroxylation is 1. The summed E-state index contributed by atoms with van der Waals surface area (Å²) < 4.78 is 0. The van der Waals surface area contributed by atoms with E-state index in [1.165, 1.54) is 0 Å². The van der Waals surface area contributed by atoms with Gasteiger partial charge in [-0.25, -0.2) is 9.97 Å². The molecule has 2 aromatic heterocycles. The van der Waals surface area contributed by atoms with Crippen LogP contribution in [0.15, 0.2) is 36.9 Å². The van der Waals surface area contributed by atoms with Crippen molar-refractivity contribution in [2.45, 2.75) is 12.8 Å². The van der Waals surface area contributed by atoms with E-state index in [1.54, 1.807) is 24.8 Å². The number of carboxylic acids is 1. The van der Waals surface area contributed by atoms with Crippen molar-refractivity contribution < 1.29 is 9.90 Å². The second kappa shape index (κ2) is 5.16. The van der Waals surface area contributed by atoms with Crippen molar-refractivity contribution in [3.05, 3.63) is 42.5 Å². The fourth-order valence-corrected chi connectivity index (χ4v) is 1.39. The molecule has 5 heteroatoms. The highest BCUT2D eigenvalue weighted by Gasteiger charge is 2.02. The topological polar surface area (TPSA) is 76.0 Å². The molecule has 0 saturated heterocycles. The molecule has 0 saturated carbocycles. The zero-order valence-corrected chi connectivity index (χ0v) is 9.08. The summed E-state index contributed by atoms with van der Waals surface area (Å²) in [6.07, 6.45) is 7.22. The molecule has 0 amide bonds. The fourth-order valence-electron chi connectivity index (χ4n) is 1.39. The molecule has 0 unspecified atom stereocenters. The molecule has 1 N–H and O–H groups in total. The van der Waals surface area contributed by atoms with Crippen LogP contribution in [-0.2, 0) is 11.2 Å². The molecule has 2 aromatic rings. The molecule has 0 spiro atoms. The lowest BCUT2D eigenvalue weighted by atomic mass is 10.2. The predicted molar refractivity (Wildman–Crippen MR) is 61.2 cm³/mol. The van der Waals surface area contributed by atoms with Gasteiger partial charge in [-0.3, -0.25) is 9.78 Å². The third-order valence-electron chi connectivity index (χ3n) is 2.27. The number of carboxylic acid groups (broad SMARTS) is 1. The largest absolute Gasteiger partial charge is 0.481 e. The third-order valence-corrected chi connectivity index (χ3v) is 2.27. The predicted octanol–water partition coefficient (Wildman–Crippen LogP) is 1.56. The van der Waals surface area contributed by atoms with E-state index in [1.807, 2.05) is 12.1 Å². The van der Waals surface area contributed by atoms with Gasteiger partial charge in [0.15, 0.2) is 5.82 Å². The lowest BCUT2D eigenvalue weighted by Gasteiger charge is -2.01. The Labute approximate surface area is 98.2 Å². The highest BCUT2D eigenvalue weighted by molar-refractivity contribution is 5.67. The molecule has 0 atom stereocenters. The normalized spacial score (nSPS) is 10.1. The van der Waals surface area contributed by atoms with Crippen LogP contribution in [-0.4, -0.2) is 26.0 Å². The number of aliphatic carboxylic acids is 1. The summed E-state index contributed by atoms with van der Waals surface area (Å²) in [7, 11) is 0. The number of hydrogen-bond acceptors (Lipinski definition) is 4. The molecule has 0 bridgehead atoms. The Morgan fingerprint density at radius 1 is 1.18 bits per heavy atom. The first-order valence-electron chi connectivity index (χ1n) is 5.19. The molecule has 86 valence electrons. The molecule has 2 rings (SSSR count). The molecule has 17 heavy (non-hydrogen) atoms. The van der Waals surface area contributed by atoms with E-state index in [2.05, 4.69) is 15.0 Å². The first-order valence-corrected chi connectivity index (χ1v) is 5.19. The summed E-state index contributed by atoms with van der Waals surface area (Å²) >= 11 is 0. The highest BCUT2D eigenvalue weighted by Crippen LogP contribution is 2.12. The minimum absolute atomic E-state index is 0.0952. The number of carbonyl (C=O) groups is 1. The van der Waals surface area contributed by atoms with Crippen LogP contribution in [0.5, 0.6) is 0 Å². The van der Waals surface area contributed by atoms with Crippen LogP contribution >= 0.6 is 0 Å². The summed E-state index contributed by atoms with van der Waals surface area (Å²) in [5, 5.41) is 8.56. The Balaban J connectivity index is 2.11. The van der Waals surface area contributed by atoms with Crippen LogP contribution in [0.25, 0.3) is 11.4 Å². The van der Waals surface area contributed by atoms with Crippen molar-refractivity contribution in [3.8, 4) is 11.4 Å². The van der Waals surface area contributed by atoms with Crippen molar-refractivity contribution in [3.63, 3.8) is 0 Å². The van der Waals surface area contributed by atoms with Crippen LogP contribution in [0, 0.1) is 0 Å². The first kappa shape index (κ1) is 11.2. The maximum atomic E-state index is 10.4. The van der Waals surface area contributed by atoms with Crippen LogP contribution in [0.1, 0.15) is 12.0 Å². The molecule has 0 fully saturated rings. The highest BCUT2D eigenvalue weighted by atomic mass is 16.4. The van der Waals surface area contributed by atoms with E-state index in [-0.39, 0.29) is 6.42 Å². The van der Waals surface area contributed by atoms with Crippen molar-refractivity contribution in [1.82, 2.24) is 15.0 Å². The number of rotatable bonds is 4. The summed E-state index contributed by atoms with van der Waals surface area (Å²) in [6, 6.07) is 3.65. The van der Waals surface area contributed by atoms with Gasteiger partial charge in [0, 0.05) is 36.8 Å². The summed E-state index contributed by atoms with van der Waals surface area (Å²) in [6.45, 7) is 0. The lowest BCUT2D eigenvalue weighted by Crippen LogP contribution is -1.99. The Bertz CT molecular complexity index is 497. The van der Waals surface area contributed by atoms with Gasteiger partial charge in [-0.1, -0.05) is 0 Å². The minimum Gasteiger partial charge on any atom is -0.481 e. The van der Waals surface area contributed by atoms with Crippen LogP contribution in [0.2, 0.25) is 0 Å². The van der Waals surface area contributed by atoms with Crippen molar-refractivity contribution in [2.75, 3.05) is 0 Å². The molecule has 5 nitrogen and oxygen atoms in total. The summed E-state index contributed by atoms with van der Waals surface area (Å²) in [4.78, 5) is 22.7. The zero-order valence-electron chi connectivity index (χ0n) is 9.08. The molecule has 0 aliphatic rings. The molecular formula is C12H11N3O2. The summed E-state index contributed by atoms with van der Waals surface area (Å²) in [5.74, 6) is -0.199. The average molecular weight is 229 g/mol. The third kappa shape index (κ3) is 3.07. The van der Waals surface area contributed by atoms with Gasteiger partial charge in [0.25, 0.3) is 0 Å². The summed E-state index contributed by atoms with van der Waals surface area (Å²) in [5.41, 5.74) is 1.72. The standard InChI is InChI=1S/C12H11N3O2/c16-11(17)2-1-9-7-14-12(15-8-9)10-3-5-13-6-4-10/h3-8H,1-2H2,(H,16,17). The van der Waals surface area contributed by atoms with Crippen molar-refractivity contribution in [1.29, 1.82) is 0 Å². The van der Waals surface area contributed by atoms with Gasteiger partial charge >= 0.3 is 5.97 Å². The Morgan fingerprint density at radius 2 is 1.82 bits per heavy atom. The van der Waals surface area contributed by atoms with E-state index < -0.39 is 5.97 Å². The van der Waals surface area contributed by atoms with Crippen molar-refractivity contribution >= 4 is 5.97 Å². The van der Waals surface area contributed by atoms with Crippen molar-refractivity contribution in [2.24, 2.45) is 0 Å². The van der Waals surface area contributed by atoms with E-state index in [4.69, 9.17) is 5.11 Å². The fraction of sp³-hybridized carbons (Fsp3) is 0.167. The van der Waals surface area contributed by atoms with E-state index in [0.29, 0.717) is 12.2 Å². The molecule has 0 aliphatic heterocycles. The number of aromatic nitrogens is 3. The van der Waals surface area contributed by atoms with Crippen LogP contribution in [0.4, 0.5) is 0 Å². The van der Waals surface area contributed by atoms with E-state index in [0.717, 1.165) is 11.1 Å². The quantitative estimate of drug-likeness (QED) is 0.860. The van der Waals surface area contributed by atoms with Gasteiger partial charge in [0.05, 0.1) is 0 Å². The second-order valence-corrected chi connectivity index (χ2v) is 3.54. The van der Waals surface area contributed by atoms with Gasteiger partial charge in [-0.2, -0.15) is 0 Å². The monoisotopic (exact) mass is 229 g/mol. The van der Waals surface area contributed by atoms with Gasteiger partial charge in [-0.15, -0.1) is 0 Å². The number of nitrogens with zero attached hydrogens (tertiary/aromatic N) is 3. The number of pyridine rings is 1. The lowest BCUT2D eigenvalue weighted by molar-refractivity contribution is -0.136. The minimum atomic E-state index is -0.816. The molecular weight excluding hydrogens is 218 g/mol. The average Bonchev–Trinajstić information content (AvgIpc) is 2.38. The zero-order chi connectivity index (χ0) is 12.1. The van der Waals surface area contributed by atoms with Gasteiger partial charge in [0.1, 0.15) is 0 Å². The Hall–Kier alpha value is -2.30. The van der Waals surface area contributed by atoms with E-state index >= 15 is 0 Å². The smallest absolute Gasteiger partial charge is 0.303 e. The number of hydrogen-bond donors (Lipinski definition) is 1. The first-order chi connectivity index (χ1) is 8.25. The van der Waals surface area contributed by atoms with Gasteiger partial charge in [0.2, 0.25) is 0 Å². The Kier molecular flexibility index (Phi) is 3.40. The molecule has 2 heterocycles. The molecule has 0 radical (unpaired) electrons. The Morgan fingerprint density at radius 3 is 2.41 bits per heavy atom. The maximum Gasteiger partial charge on any atom is 0.303 e. The van der Waals surface area contributed by atoms with Gasteiger partial charge in [-0.05, 0) is 24.1 Å². The SMILES string of the molecule is O=C(O)CCc1cnc(-c2ccncc2)nc1. The molecule has 0 aromatic carbocycles. The maximum absolute atomic E-state index is 10.4. The molecule has 0 aliphatic carbocycles.